The quantitative estimate of drug-likeness (QED) is 0.428. The van der Waals surface area contributed by atoms with Crippen molar-refractivity contribution in [3.05, 3.63) is 24.3 Å². The summed E-state index contributed by atoms with van der Waals surface area (Å²) in [5.41, 5.74) is 0. The van der Waals surface area contributed by atoms with Gasteiger partial charge in [0.05, 0.1) is 16.6 Å². The minimum absolute atomic E-state index is 0.0144. The molecule has 5 rings (SSSR count). The van der Waals surface area contributed by atoms with E-state index >= 15 is 0 Å². The number of aliphatic hydroxyl groups excluding tert-OH is 1. The van der Waals surface area contributed by atoms with Crippen LogP contribution in [0.2, 0.25) is 0 Å². The maximum absolute atomic E-state index is 14.3. The Labute approximate surface area is 213 Å². The third kappa shape index (κ3) is 4.24. The van der Waals surface area contributed by atoms with E-state index in [4.69, 9.17) is 5.11 Å². The summed E-state index contributed by atoms with van der Waals surface area (Å²) >= 11 is 1.67. The molecule has 8 heteroatoms. The molecular formula is C27H39N3O4S. The van der Waals surface area contributed by atoms with E-state index in [0.29, 0.717) is 19.6 Å². The van der Waals surface area contributed by atoms with Crippen LogP contribution in [0.4, 0.5) is 0 Å². The molecule has 1 saturated carbocycles. The van der Waals surface area contributed by atoms with Crippen molar-refractivity contribution < 1.29 is 19.5 Å². The second-order valence-electron chi connectivity index (χ2n) is 10.8. The highest BCUT2D eigenvalue weighted by Crippen LogP contribution is 2.61. The number of hydrogen-bond donors (Lipinski definition) is 1. The molecule has 2 saturated heterocycles. The molecule has 0 aromatic heterocycles. The summed E-state index contributed by atoms with van der Waals surface area (Å²) in [6, 6.07) is -0.317. The van der Waals surface area contributed by atoms with Crippen molar-refractivity contribution in [2.45, 2.75) is 79.9 Å². The molecular weight excluding hydrogens is 462 g/mol. The van der Waals surface area contributed by atoms with E-state index in [1.807, 2.05) is 15.9 Å². The van der Waals surface area contributed by atoms with Gasteiger partial charge in [0.15, 0.2) is 0 Å². The number of carbonyl (C=O) groups is 3. The Morgan fingerprint density at radius 1 is 0.971 bits per heavy atom. The predicted molar refractivity (Wildman–Crippen MR) is 137 cm³/mol. The van der Waals surface area contributed by atoms with Gasteiger partial charge in [0.2, 0.25) is 17.7 Å². The van der Waals surface area contributed by atoms with Gasteiger partial charge in [-0.15, -0.1) is 11.8 Å². The van der Waals surface area contributed by atoms with Crippen LogP contribution in [0.3, 0.4) is 0 Å². The number of unbranched alkanes of at least 4 members (excludes halogenated alkanes) is 3. The van der Waals surface area contributed by atoms with Gasteiger partial charge in [-0.1, -0.05) is 56.4 Å². The second kappa shape index (κ2) is 10.3. The van der Waals surface area contributed by atoms with Crippen LogP contribution >= 0.6 is 11.8 Å². The van der Waals surface area contributed by atoms with Gasteiger partial charge in [-0.3, -0.25) is 14.4 Å². The van der Waals surface area contributed by atoms with Crippen LogP contribution in [-0.2, 0) is 14.4 Å². The van der Waals surface area contributed by atoms with E-state index in [1.165, 1.54) is 6.42 Å². The van der Waals surface area contributed by atoms with Gasteiger partial charge in [0.25, 0.3) is 0 Å². The Morgan fingerprint density at radius 2 is 1.74 bits per heavy atom. The summed E-state index contributed by atoms with van der Waals surface area (Å²) in [6.45, 7) is 1.86. The Kier molecular flexibility index (Phi) is 7.31. The van der Waals surface area contributed by atoms with Crippen LogP contribution in [0, 0.1) is 11.8 Å². The third-order valence-electron chi connectivity index (χ3n) is 8.71. The van der Waals surface area contributed by atoms with Crippen molar-refractivity contribution in [1.29, 1.82) is 0 Å². The average Bonchev–Trinajstić information content (AvgIpc) is 3.18. The van der Waals surface area contributed by atoms with Crippen LogP contribution in [-0.4, -0.2) is 92.9 Å². The summed E-state index contributed by atoms with van der Waals surface area (Å²) in [5.74, 6) is -0.888. The fraction of sp³-hybridized carbons (Fsp3) is 0.741. The standard InChI is InChI=1S/C27H39N3O4S/c1-28-15-9-13-20-21(24(28)32)22-25(33)30(16-7-2-3-8-18-31)23-26(34)29(19-11-5-4-6-12-19)17-10-14-27(22,23)35-20/h9-10,13-14,19-23,31H,2-8,11-12,15-18H2,1H3/t20-,21+,22+,23?,27+/m1/s1. The number of amides is 3. The first kappa shape index (κ1) is 24.9. The normalized spacial score (nSPS) is 35.3. The highest BCUT2D eigenvalue weighted by molar-refractivity contribution is 8.02. The van der Waals surface area contributed by atoms with E-state index in [9.17, 15) is 14.4 Å². The van der Waals surface area contributed by atoms with E-state index < -0.39 is 22.6 Å². The third-order valence-corrected chi connectivity index (χ3v) is 10.5. The molecule has 1 spiro atoms. The van der Waals surface area contributed by atoms with Crippen LogP contribution in [0.5, 0.6) is 0 Å². The molecule has 0 radical (unpaired) electrons. The SMILES string of the molecule is CN1CC=C[C@H]2S[C@]34C=CCN(C5CCCCC5)C(=O)C3N(CCCCCCO)C(=O)[C@@H]4[C@H]2C1=O. The highest BCUT2D eigenvalue weighted by Gasteiger charge is 2.70. The molecule has 192 valence electrons. The number of hydrogen-bond acceptors (Lipinski definition) is 5. The van der Waals surface area contributed by atoms with E-state index in [0.717, 1.165) is 51.4 Å². The molecule has 4 heterocycles. The summed E-state index contributed by atoms with van der Waals surface area (Å²) < 4.78 is -0.698. The van der Waals surface area contributed by atoms with Crippen LogP contribution < -0.4 is 0 Å². The molecule has 5 aliphatic rings. The zero-order valence-corrected chi connectivity index (χ0v) is 21.6. The number of likely N-dealkylation sites (tertiary alicyclic amines) is 1. The number of likely N-dealkylation sites (N-methyl/N-ethyl adjacent to an activating group) is 1. The van der Waals surface area contributed by atoms with Crippen molar-refractivity contribution in [1.82, 2.24) is 14.7 Å². The summed E-state index contributed by atoms with van der Waals surface area (Å²) in [5, 5.41) is 9.02. The smallest absolute Gasteiger partial charge is 0.247 e. The molecule has 3 fully saturated rings. The first-order chi connectivity index (χ1) is 17.0. The maximum Gasteiger partial charge on any atom is 0.247 e. The van der Waals surface area contributed by atoms with Crippen molar-refractivity contribution in [2.75, 3.05) is 33.3 Å². The molecule has 1 N–H and O–H groups in total. The van der Waals surface area contributed by atoms with Gasteiger partial charge in [0, 0.05) is 44.6 Å². The number of carbonyl (C=O) groups excluding carboxylic acids is 3. The lowest BCUT2D eigenvalue weighted by atomic mass is 9.78. The first-order valence-electron chi connectivity index (χ1n) is 13.5. The number of nitrogens with zero attached hydrogens (tertiary/aromatic N) is 3. The molecule has 4 aliphatic heterocycles. The molecule has 0 bridgehead atoms. The molecule has 7 nitrogen and oxygen atoms in total. The lowest BCUT2D eigenvalue weighted by Gasteiger charge is -2.39. The Balaban J connectivity index is 1.49. The lowest BCUT2D eigenvalue weighted by molar-refractivity contribution is -0.145. The zero-order chi connectivity index (χ0) is 24.6. The Bertz CT molecular complexity index is 901. The van der Waals surface area contributed by atoms with Gasteiger partial charge < -0.3 is 19.8 Å². The van der Waals surface area contributed by atoms with Gasteiger partial charge in [-0.2, -0.15) is 0 Å². The number of thioether (sulfide) groups is 1. The molecule has 1 aliphatic carbocycles. The van der Waals surface area contributed by atoms with Gasteiger partial charge in [-0.25, -0.2) is 0 Å². The predicted octanol–water partition coefficient (Wildman–Crippen LogP) is 2.60. The Morgan fingerprint density at radius 3 is 2.51 bits per heavy atom. The van der Waals surface area contributed by atoms with Gasteiger partial charge in [-0.05, 0) is 25.7 Å². The molecule has 5 atom stereocenters. The second-order valence-corrected chi connectivity index (χ2v) is 12.3. The fourth-order valence-corrected chi connectivity index (χ4v) is 9.00. The largest absolute Gasteiger partial charge is 0.396 e. The number of fused-ring (bicyclic) bond motifs is 2. The van der Waals surface area contributed by atoms with Crippen molar-refractivity contribution >= 4 is 29.5 Å². The number of rotatable bonds is 7. The first-order valence-corrected chi connectivity index (χ1v) is 14.4. The Hall–Kier alpha value is -1.80. The van der Waals surface area contributed by atoms with E-state index in [1.54, 1.807) is 23.7 Å². The summed E-state index contributed by atoms with van der Waals surface area (Å²) in [6.07, 6.45) is 17.3. The summed E-state index contributed by atoms with van der Waals surface area (Å²) in [4.78, 5) is 47.5. The van der Waals surface area contributed by atoms with Crippen LogP contribution in [0.25, 0.3) is 0 Å². The lowest BCUT2D eigenvalue weighted by Crippen LogP contribution is -2.55. The monoisotopic (exact) mass is 501 g/mol. The minimum atomic E-state index is -0.698. The number of aliphatic hydroxyl groups is 1. The van der Waals surface area contributed by atoms with Crippen LogP contribution in [0.15, 0.2) is 24.3 Å². The van der Waals surface area contributed by atoms with Crippen LogP contribution in [0.1, 0.15) is 57.8 Å². The fourth-order valence-electron chi connectivity index (χ4n) is 6.99. The van der Waals surface area contributed by atoms with Gasteiger partial charge in [0.1, 0.15) is 6.04 Å². The van der Waals surface area contributed by atoms with Crippen molar-refractivity contribution in [3.63, 3.8) is 0 Å². The molecule has 0 aromatic carbocycles. The summed E-state index contributed by atoms with van der Waals surface area (Å²) in [7, 11) is 1.81. The molecule has 35 heavy (non-hydrogen) atoms. The van der Waals surface area contributed by atoms with Gasteiger partial charge >= 0.3 is 0 Å². The molecule has 3 amide bonds. The topological polar surface area (TPSA) is 81.2 Å². The maximum atomic E-state index is 14.3. The average molecular weight is 502 g/mol. The minimum Gasteiger partial charge on any atom is -0.396 e. The van der Waals surface area contributed by atoms with E-state index in [2.05, 4.69) is 18.2 Å². The highest BCUT2D eigenvalue weighted by atomic mass is 32.2. The van der Waals surface area contributed by atoms with Crippen molar-refractivity contribution in [2.24, 2.45) is 11.8 Å². The van der Waals surface area contributed by atoms with Crippen molar-refractivity contribution in [3.8, 4) is 0 Å². The molecule has 0 aromatic rings. The zero-order valence-electron chi connectivity index (χ0n) is 20.8. The molecule has 1 unspecified atom stereocenters. The van der Waals surface area contributed by atoms with E-state index in [-0.39, 0.29) is 35.6 Å².